The van der Waals surface area contributed by atoms with Crippen LogP contribution in [0, 0.1) is 6.92 Å². The minimum Gasteiger partial charge on any atom is -0.372 e. The molecular weight excluding hydrogens is 326 g/mol. The van der Waals surface area contributed by atoms with Crippen molar-refractivity contribution >= 4 is 23.2 Å². The van der Waals surface area contributed by atoms with Crippen LogP contribution in [0.25, 0.3) is 0 Å². The third kappa shape index (κ3) is 4.12. The van der Waals surface area contributed by atoms with Gasteiger partial charge >= 0.3 is 0 Å². The lowest BCUT2D eigenvalue weighted by Crippen LogP contribution is -2.29. The predicted octanol–water partition coefficient (Wildman–Crippen LogP) is 3.60. The Morgan fingerprint density at radius 3 is 2.50 bits per heavy atom. The molecule has 2 aromatic rings. The molecule has 2 fully saturated rings. The molecule has 6 heteroatoms. The van der Waals surface area contributed by atoms with E-state index in [0.29, 0.717) is 17.7 Å². The maximum atomic E-state index is 12.6. The summed E-state index contributed by atoms with van der Waals surface area (Å²) in [4.78, 5) is 23.7. The van der Waals surface area contributed by atoms with Crippen molar-refractivity contribution in [2.45, 2.75) is 45.1 Å². The number of hydrogen-bond acceptors (Lipinski definition) is 5. The molecule has 1 aromatic heterocycles. The Morgan fingerprint density at radius 2 is 1.81 bits per heavy atom. The van der Waals surface area contributed by atoms with Gasteiger partial charge < -0.3 is 15.5 Å². The number of carbonyl (C=O) groups excluding carboxylic acids is 1. The summed E-state index contributed by atoms with van der Waals surface area (Å²) in [5.74, 6) is 0.332. The second kappa shape index (κ2) is 7.32. The van der Waals surface area contributed by atoms with Gasteiger partial charge in [0.15, 0.2) is 0 Å². The Hall–Kier alpha value is -2.63. The lowest BCUT2D eigenvalue weighted by Gasteiger charge is -2.28. The van der Waals surface area contributed by atoms with Crippen LogP contribution in [0.1, 0.15) is 48.3 Å². The number of piperidine rings is 1. The van der Waals surface area contributed by atoms with Crippen LogP contribution in [0.15, 0.2) is 30.3 Å². The van der Waals surface area contributed by atoms with Crippen LogP contribution in [0.4, 0.5) is 17.3 Å². The van der Waals surface area contributed by atoms with Crippen LogP contribution in [0.5, 0.6) is 0 Å². The first kappa shape index (κ1) is 16.8. The molecule has 6 nitrogen and oxygen atoms in total. The zero-order valence-corrected chi connectivity index (χ0v) is 15.2. The summed E-state index contributed by atoms with van der Waals surface area (Å²) < 4.78 is 0. The fourth-order valence-electron chi connectivity index (χ4n) is 3.26. The zero-order valence-electron chi connectivity index (χ0n) is 15.2. The first-order valence-corrected chi connectivity index (χ1v) is 9.46. The molecule has 1 aliphatic heterocycles. The number of aryl methyl sites for hydroxylation is 1. The first-order chi connectivity index (χ1) is 12.7. The molecule has 0 unspecified atom stereocenters. The summed E-state index contributed by atoms with van der Waals surface area (Å²) in [7, 11) is 0. The van der Waals surface area contributed by atoms with Crippen LogP contribution < -0.4 is 15.5 Å². The van der Waals surface area contributed by atoms with E-state index in [9.17, 15) is 4.79 Å². The molecule has 1 aliphatic carbocycles. The SMILES string of the molecule is Cc1cc(C(=O)Nc2ccc(N3CCCCC3)cc2)nc(NC2CC2)n1. The van der Waals surface area contributed by atoms with Gasteiger partial charge in [-0.25, -0.2) is 9.97 Å². The van der Waals surface area contributed by atoms with Gasteiger partial charge in [0.05, 0.1) is 0 Å². The Balaban J connectivity index is 1.43. The van der Waals surface area contributed by atoms with Crippen molar-refractivity contribution in [2.75, 3.05) is 28.6 Å². The van der Waals surface area contributed by atoms with E-state index in [1.54, 1.807) is 6.07 Å². The highest BCUT2D eigenvalue weighted by atomic mass is 16.1. The smallest absolute Gasteiger partial charge is 0.274 e. The molecule has 4 rings (SSSR count). The minimum atomic E-state index is -0.208. The fourth-order valence-corrected chi connectivity index (χ4v) is 3.26. The lowest BCUT2D eigenvalue weighted by atomic mass is 10.1. The number of aromatic nitrogens is 2. The monoisotopic (exact) mass is 351 g/mol. The highest BCUT2D eigenvalue weighted by Gasteiger charge is 2.22. The molecule has 2 heterocycles. The zero-order chi connectivity index (χ0) is 17.9. The molecule has 0 bridgehead atoms. The van der Waals surface area contributed by atoms with E-state index in [2.05, 4.69) is 37.6 Å². The molecule has 1 aromatic carbocycles. The van der Waals surface area contributed by atoms with Crippen LogP contribution in [-0.4, -0.2) is 35.0 Å². The summed E-state index contributed by atoms with van der Waals surface area (Å²) in [5.41, 5.74) is 3.18. The average molecular weight is 351 g/mol. The normalized spacial score (nSPS) is 17.0. The first-order valence-electron chi connectivity index (χ1n) is 9.46. The Bertz CT molecular complexity index is 779. The molecule has 1 saturated heterocycles. The third-order valence-electron chi connectivity index (χ3n) is 4.84. The average Bonchev–Trinajstić information content (AvgIpc) is 3.46. The van der Waals surface area contributed by atoms with Crippen LogP contribution >= 0.6 is 0 Å². The van der Waals surface area contributed by atoms with Crippen LogP contribution in [0.3, 0.4) is 0 Å². The van der Waals surface area contributed by atoms with E-state index in [1.807, 2.05) is 19.1 Å². The fraction of sp³-hybridized carbons (Fsp3) is 0.450. The van der Waals surface area contributed by atoms with E-state index in [4.69, 9.17) is 0 Å². The van der Waals surface area contributed by atoms with Gasteiger partial charge in [0.1, 0.15) is 5.69 Å². The van der Waals surface area contributed by atoms with Gasteiger partial charge in [-0.1, -0.05) is 0 Å². The van der Waals surface area contributed by atoms with E-state index in [1.165, 1.54) is 24.9 Å². The van der Waals surface area contributed by atoms with Crippen molar-refractivity contribution in [3.05, 3.63) is 41.7 Å². The van der Waals surface area contributed by atoms with Crippen molar-refractivity contribution < 1.29 is 4.79 Å². The number of benzene rings is 1. The van der Waals surface area contributed by atoms with Gasteiger partial charge in [0.25, 0.3) is 5.91 Å². The van der Waals surface area contributed by atoms with E-state index < -0.39 is 0 Å². The van der Waals surface area contributed by atoms with Gasteiger partial charge in [-0.2, -0.15) is 0 Å². The third-order valence-corrected chi connectivity index (χ3v) is 4.84. The summed E-state index contributed by atoms with van der Waals surface area (Å²) in [6, 6.07) is 10.2. The summed E-state index contributed by atoms with van der Waals surface area (Å²) >= 11 is 0. The van der Waals surface area contributed by atoms with Crippen molar-refractivity contribution in [2.24, 2.45) is 0 Å². The van der Waals surface area contributed by atoms with Crippen LogP contribution in [0.2, 0.25) is 0 Å². The van der Waals surface area contributed by atoms with Gasteiger partial charge in [-0.05, 0) is 69.4 Å². The number of nitrogens with one attached hydrogen (secondary N) is 2. The van der Waals surface area contributed by atoms with E-state index in [0.717, 1.165) is 37.3 Å². The lowest BCUT2D eigenvalue weighted by molar-refractivity contribution is 0.102. The molecule has 2 aliphatic rings. The molecule has 1 saturated carbocycles. The summed E-state index contributed by atoms with van der Waals surface area (Å²) in [6.07, 6.45) is 6.11. The number of anilines is 3. The second-order valence-corrected chi connectivity index (χ2v) is 7.19. The highest BCUT2D eigenvalue weighted by Crippen LogP contribution is 2.24. The molecular formula is C20H25N5O. The molecule has 136 valence electrons. The molecule has 2 N–H and O–H groups in total. The number of rotatable bonds is 5. The maximum absolute atomic E-state index is 12.6. The number of amides is 1. The number of carbonyl (C=O) groups is 1. The summed E-state index contributed by atoms with van der Waals surface area (Å²) in [6.45, 7) is 4.11. The predicted molar refractivity (Wildman–Crippen MR) is 104 cm³/mol. The molecule has 1 amide bonds. The van der Waals surface area contributed by atoms with Crippen molar-refractivity contribution in [3.8, 4) is 0 Å². The maximum Gasteiger partial charge on any atom is 0.274 e. The molecule has 0 radical (unpaired) electrons. The number of hydrogen-bond donors (Lipinski definition) is 2. The van der Waals surface area contributed by atoms with Crippen LogP contribution in [-0.2, 0) is 0 Å². The van der Waals surface area contributed by atoms with E-state index >= 15 is 0 Å². The topological polar surface area (TPSA) is 70.2 Å². The van der Waals surface area contributed by atoms with E-state index in [-0.39, 0.29) is 5.91 Å². The quantitative estimate of drug-likeness (QED) is 0.861. The Labute approximate surface area is 154 Å². The van der Waals surface area contributed by atoms with Crippen molar-refractivity contribution in [3.63, 3.8) is 0 Å². The van der Waals surface area contributed by atoms with Gasteiger partial charge in [-0.15, -0.1) is 0 Å². The standard InChI is InChI=1S/C20H25N5O/c1-14-13-18(24-20(21-14)23-16-5-6-16)19(26)22-15-7-9-17(10-8-15)25-11-3-2-4-12-25/h7-10,13,16H,2-6,11-12H2,1H3,(H,22,26)(H,21,23,24). The van der Waals surface area contributed by atoms with Crippen molar-refractivity contribution in [1.29, 1.82) is 0 Å². The van der Waals surface area contributed by atoms with Crippen molar-refractivity contribution in [1.82, 2.24) is 9.97 Å². The van der Waals surface area contributed by atoms with Gasteiger partial charge in [0, 0.05) is 36.2 Å². The Kier molecular flexibility index (Phi) is 4.73. The highest BCUT2D eigenvalue weighted by molar-refractivity contribution is 6.03. The largest absolute Gasteiger partial charge is 0.372 e. The minimum absolute atomic E-state index is 0.208. The molecule has 26 heavy (non-hydrogen) atoms. The van der Waals surface area contributed by atoms with Gasteiger partial charge in [-0.3, -0.25) is 4.79 Å². The number of nitrogens with zero attached hydrogens (tertiary/aromatic N) is 3. The molecule has 0 spiro atoms. The summed E-state index contributed by atoms with van der Waals surface area (Å²) in [5, 5.41) is 6.19. The Morgan fingerprint density at radius 1 is 1.08 bits per heavy atom. The molecule has 0 atom stereocenters. The second-order valence-electron chi connectivity index (χ2n) is 7.19. The van der Waals surface area contributed by atoms with Gasteiger partial charge in [0.2, 0.25) is 5.95 Å².